The number of hydrogen-bond donors (Lipinski definition) is 1. The number of phenolic OH excluding ortho intramolecular Hbond substituents is 1. The van der Waals surface area contributed by atoms with Gasteiger partial charge < -0.3 is 14.4 Å². The molecule has 0 fully saturated rings. The lowest BCUT2D eigenvalue weighted by atomic mass is 9.84. The van der Waals surface area contributed by atoms with Gasteiger partial charge in [-0.1, -0.05) is 26.0 Å². The largest absolute Gasteiger partial charge is 0.508 e. The highest BCUT2D eigenvalue weighted by Crippen LogP contribution is 2.36. The molecule has 25 heavy (non-hydrogen) atoms. The third-order valence-electron chi connectivity index (χ3n) is 4.85. The van der Waals surface area contributed by atoms with Gasteiger partial charge >= 0.3 is 5.97 Å². The molecule has 0 bridgehead atoms. The van der Waals surface area contributed by atoms with Gasteiger partial charge in [0.15, 0.2) is 0 Å². The predicted molar refractivity (Wildman–Crippen MR) is 95.1 cm³/mol. The molecule has 0 aliphatic carbocycles. The van der Waals surface area contributed by atoms with Crippen LogP contribution in [0.2, 0.25) is 0 Å². The van der Waals surface area contributed by atoms with Crippen molar-refractivity contribution < 1.29 is 14.6 Å². The molecule has 2 heterocycles. The van der Waals surface area contributed by atoms with Crippen molar-refractivity contribution in [3.63, 3.8) is 0 Å². The summed E-state index contributed by atoms with van der Waals surface area (Å²) in [7, 11) is 0. The summed E-state index contributed by atoms with van der Waals surface area (Å²) in [5.41, 5.74) is 2.37. The van der Waals surface area contributed by atoms with Gasteiger partial charge in [-0.3, -0.25) is 9.59 Å². The molecule has 0 saturated heterocycles. The van der Waals surface area contributed by atoms with Gasteiger partial charge in [0.25, 0.3) is 5.56 Å². The standard InChI is InChI=1S/C20H23NO4/c1-12(2)16-11-18(23)25-17-10-13(3)21(20(24)19(16)17)9-8-14-4-6-15(22)7-5-14/h4-7,10,12,16,22H,8-9,11H2,1-3H3/t16-/m0/s1. The van der Waals surface area contributed by atoms with Crippen LogP contribution in [-0.2, 0) is 17.8 Å². The summed E-state index contributed by atoms with van der Waals surface area (Å²) in [4.78, 5) is 24.9. The highest BCUT2D eigenvalue weighted by molar-refractivity contribution is 5.76. The maximum Gasteiger partial charge on any atom is 0.311 e. The molecular weight excluding hydrogens is 318 g/mol. The number of esters is 1. The van der Waals surface area contributed by atoms with Crippen LogP contribution in [-0.4, -0.2) is 15.6 Å². The molecule has 2 aromatic rings. The zero-order valence-electron chi connectivity index (χ0n) is 14.8. The van der Waals surface area contributed by atoms with Crippen molar-refractivity contribution in [2.75, 3.05) is 0 Å². The molecule has 5 nitrogen and oxygen atoms in total. The number of carbonyl (C=O) groups is 1. The second-order valence-corrected chi connectivity index (χ2v) is 6.97. The summed E-state index contributed by atoms with van der Waals surface area (Å²) < 4.78 is 7.08. The fraction of sp³-hybridized carbons (Fsp3) is 0.400. The average Bonchev–Trinajstić information content (AvgIpc) is 2.55. The lowest BCUT2D eigenvalue weighted by molar-refractivity contribution is -0.136. The van der Waals surface area contributed by atoms with Crippen LogP contribution in [0.25, 0.3) is 0 Å². The number of pyridine rings is 1. The lowest BCUT2D eigenvalue weighted by Gasteiger charge is -2.28. The van der Waals surface area contributed by atoms with E-state index in [-0.39, 0.29) is 35.5 Å². The van der Waals surface area contributed by atoms with Gasteiger partial charge in [-0.05, 0) is 37.0 Å². The minimum Gasteiger partial charge on any atom is -0.508 e. The number of benzene rings is 1. The molecule has 1 atom stereocenters. The van der Waals surface area contributed by atoms with Crippen LogP contribution in [0.3, 0.4) is 0 Å². The number of rotatable bonds is 4. The zero-order valence-corrected chi connectivity index (χ0v) is 14.8. The third-order valence-corrected chi connectivity index (χ3v) is 4.85. The Labute approximate surface area is 146 Å². The fourth-order valence-electron chi connectivity index (χ4n) is 3.38. The number of aromatic hydroxyl groups is 1. The van der Waals surface area contributed by atoms with Crippen molar-refractivity contribution >= 4 is 5.97 Å². The Balaban J connectivity index is 1.95. The molecule has 5 heteroatoms. The molecule has 1 aromatic carbocycles. The van der Waals surface area contributed by atoms with E-state index in [1.54, 1.807) is 22.8 Å². The highest BCUT2D eigenvalue weighted by Gasteiger charge is 2.33. The molecule has 0 saturated carbocycles. The first kappa shape index (κ1) is 17.3. The monoisotopic (exact) mass is 341 g/mol. The van der Waals surface area contributed by atoms with E-state index in [9.17, 15) is 14.7 Å². The Kier molecular flexibility index (Phi) is 4.66. The SMILES string of the molecule is Cc1cc2c(c(=O)n1CCc1ccc(O)cc1)[C@H](C(C)C)CC(=O)O2. The van der Waals surface area contributed by atoms with Crippen LogP contribution < -0.4 is 10.3 Å². The fourth-order valence-corrected chi connectivity index (χ4v) is 3.38. The third kappa shape index (κ3) is 3.45. The number of aromatic nitrogens is 1. The van der Waals surface area contributed by atoms with Crippen LogP contribution in [0.15, 0.2) is 35.1 Å². The average molecular weight is 341 g/mol. The topological polar surface area (TPSA) is 68.5 Å². The maximum atomic E-state index is 13.1. The maximum absolute atomic E-state index is 13.1. The number of phenols is 1. The Morgan fingerprint density at radius 2 is 1.92 bits per heavy atom. The summed E-state index contributed by atoms with van der Waals surface area (Å²) >= 11 is 0. The van der Waals surface area contributed by atoms with Gasteiger partial charge in [-0.2, -0.15) is 0 Å². The molecule has 0 unspecified atom stereocenters. The van der Waals surface area contributed by atoms with E-state index in [0.29, 0.717) is 24.3 Å². The van der Waals surface area contributed by atoms with E-state index in [0.717, 1.165) is 11.3 Å². The summed E-state index contributed by atoms with van der Waals surface area (Å²) in [5.74, 6) is 0.453. The molecule has 0 amide bonds. The molecule has 1 aromatic heterocycles. The quantitative estimate of drug-likeness (QED) is 0.868. The summed E-state index contributed by atoms with van der Waals surface area (Å²) in [6.45, 7) is 6.44. The summed E-state index contributed by atoms with van der Waals surface area (Å²) in [6, 6.07) is 8.79. The minimum atomic E-state index is -0.271. The van der Waals surface area contributed by atoms with Crippen LogP contribution >= 0.6 is 0 Å². The second kappa shape index (κ2) is 6.75. The van der Waals surface area contributed by atoms with Crippen LogP contribution in [0, 0.1) is 12.8 Å². The molecule has 0 spiro atoms. The molecule has 1 aliphatic heterocycles. The van der Waals surface area contributed by atoms with Gasteiger partial charge in [-0.25, -0.2) is 0 Å². The molecule has 1 N–H and O–H groups in total. The van der Waals surface area contributed by atoms with Crippen LogP contribution in [0.5, 0.6) is 11.5 Å². The van der Waals surface area contributed by atoms with Crippen molar-refractivity contribution in [1.29, 1.82) is 0 Å². The number of carbonyl (C=O) groups excluding carboxylic acids is 1. The van der Waals surface area contributed by atoms with Crippen LogP contribution in [0.4, 0.5) is 0 Å². The second-order valence-electron chi connectivity index (χ2n) is 6.97. The van der Waals surface area contributed by atoms with Crippen molar-refractivity contribution in [2.45, 2.75) is 46.1 Å². The molecule has 1 aliphatic rings. The molecular formula is C20H23NO4. The number of fused-ring (bicyclic) bond motifs is 1. The number of hydrogen-bond acceptors (Lipinski definition) is 4. The van der Waals surface area contributed by atoms with Crippen LogP contribution in [0.1, 0.15) is 43.0 Å². The smallest absolute Gasteiger partial charge is 0.311 e. The van der Waals surface area contributed by atoms with E-state index < -0.39 is 0 Å². The van der Waals surface area contributed by atoms with E-state index in [2.05, 4.69) is 0 Å². The predicted octanol–water partition coefficient (Wildman–Crippen LogP) is 3.15. The van der Waals surface area contributed by atoms with Crippen molar-refractivity contribution in [1.82, 2.24) is 4.57 Å². The van der Waals surface area contributed by atoms with Gasteiger partial charge in [0.05, 0.1) is 12.0 Å². The van der Waals surface area contributed by atoms with Crippen molar-refractivity contribution in [3.8, 4) is 11.5 Å². The van der Waals surface area contributed by atoms with Crippen molar-refractivity contribution in [2.24, 2.45) is 5.92 Å². The number of aryl methyl sites for hydroxylation is 2. The number of nitrogens with zero attached hydrogens (tertiary/aromatic N) is 1. The Morgan fingerprint density at radius 3 is 2.56 bits per heavy atom. The van der Waals surface area contributed by atoms with E-state index in [1.165, 1.54) is 0 Å². The van der Waals surface area contributed by atoms with E-state index >= 15 is 0 Å². The lowest BCUT2D eigenvalue weighted by Crippen LogP contribution is -2.34. The zero-order chi connectivity index (χ0) is 18.1. The summed E-state index contributed by atoms with van der Waals surface area (Å²) in [6.07, 6.45) is 0.937. The molecule has 132 valence electrons. The first-order valence-electron chi connectivity index (χ1n) is 8.59. The first-order valence-corrected chi connectivity index (χ1v) is 8.59. The van der Waals surface area contributed by atoms with E-state index in [4.69, 9.17) is 4.74 Å². The van der Waals surface area contributed by atoms with Gasteiger partial charge in [0, 0.05) is 24.2 Å². The normalized spacial score (nSPS) is 16.6. The van der Waals surface area contributed by atoms with Gasteiger partial charge in [0.2, 0.25) is 0 Å². The summed E-state index contributed by atoms with van der Waals surface area (Å²) in [5, 5.41) is 9.37. The van der Waals surface area contributed by atoms with Gasteiger partial charge in [-0.15, -0.1) is 0 Å². The van der Waals surface area contributed by atoms with E-state index in [1.807, 2.05) is 32.9 Å². The minimum absolute atomic E-state index is 0.0695. The molecule has 3 rings (SSSR count). The first-order chi connectivity index (χ1) is 11.9. The Bertz CT molecular complexity index is 849. The van der Waals surface area contributed by atoms with Crippen molar-refractivity contribution in [3.05, 3.63) is 57.5 Å². The molecule has 0 radical (unpaired) electrons. The highest BCUT2D eigenvalue weighted by atomic mass is 16.5. The Hall–Kier alpha value is -2.56. The number of ether oxygens (including phenoxy) is 1. The van der Waals surface area contributed by atoms with Gasteiger partial charge in [0.1, 0.15) is 11.5 Å². The Morgan fingerprint density at radius 1 is 1.24 bits per heavy atom.